The number of hydrogen-bond acceptors (Lipinski definition) is 2. The number of amides is 1. The minimum absolute atomic E-state index is 0.343. The molecule has 3 heteroatoms. The summed E-state index contributed by atoms with van der Waals surface area (Å²) in [4.78, 5) is 14.8. The average Bonchev–Trinajstić information content (AvgIpc) is 2.95. The van der Waals surface area contributed by atoms with Crippen molar-refractivity contribution in [3.63, 3.8) is 0 Å². The molecule has 19 heavy (non-hydrogen) atoms. The van der Waals surface area contributed by atoms with Crippen LogP contribution in [0.25, 0.3) is 0 Å². The van der Waals surface area contributed by atoms with Crippen molar-refractivity contribution in [1.82, 2.24) is 10.2 Å². The Morgan fingerprint density at radius 3 is 2.58 bits per heavy atom. The zero-order chi connectivity index (χ0) is 13.2. The van der Waals surface area contributed by atoms with E-state index in [4.69, 9.17) is 0 Å². The molecular formula is C16H28N2O. The first-order valence-corrected chi connectivity index (χ1v) is 8.24. The van der Waals surface area contributed by atoms with Gasteiger partial charge in [0.15, 0.2) is 0 Å². The number of nitrogens with zero attached hydrogens (tertiary/aromatic N) is 1. The molecule has 2 aliphatic carbocycles. The van der Waals surface area contributed by atoms with Crippen LogP contribution in [-0.2, 0) is 4.79 Å². The molecular weight excluding hydrogens is 236 g/mol. The van der Waals surface area contributed by atoms with Gasteiger partial charge in [0.05, 0.1) is 0 Å². The molecule has 3 aliphatic rings. The summed E-state index contributed by atoms with van der Waals surface area (Å²) in [5.41, 5.74) is 0. The van der Waals surface area contributed by atoms with Crippen molar-refractivity contribution in [3.8, 4) is 0 Å². The van der Waals surface area contributed by atoms with Gasteiger partial charge in [0.1, 0.15) is 0 Å². The van der Waals surface area contributed by atoms with Gasteiger partial charge in [-0.1, -0.05) is 25.7 Å². The number of fused-ring (bicyclic) bond motifs is 1. The molecule has 0 radical (unpaired) electrons. The Labute approximate surface area is 117 Å². The monoisotopic (exact) mass is 264 g/mol. The van der Waals surface area contributed by atoms with Gasteiger partial charge in [-0.05, 0) is 44.6 Å². The molecule has 1 aliphatic heterocycles. The standard InChI is InChI=1S/C16H28N2O/c1-17-15-8-9-18(11-15)16(19)14-7-6-12-4-2-3-5-13(12)10-14/h12-15,17H,2-11H2,1H3. The summed E-state index contributed by atoms with van der Waals surface area (Å²) in [5.74, 6) is 2.61. The lowest BCUT2D eigenvalue weighted by molar-refractivity contribution is -0.136. The Morgan fingerprint density at radius 1 is 1.05 bits per heavy atom. The van der Waals surface area contributed by atoms with Crippen LogP contribution in [-0.4, -0.2) is 37.0 Å². The molecule has 108 valence electrons. The molecule has 1 heterocycles. The molecule has 3 fully saturated rings. The Balaban J connectivity index is 1.56. The Bertz CT molecular complexity index is 331. The van der Waals surface area contributed by atoms with Gasteiger partial charge in [-0.25, -0.2) is 0 Å². The molecule has 4 unspecified atom stereocenters. The Morgan fingerprint density at radius 2 is 1.84 bits per heavy atom. The number of hydrogen-bond donors (Lipinski definition) is 1. The Hall–Kier alpha value is -0.570. The van der Waals surface area contributed by atoms with Crippen LogP contribution in [0.1, 0.15) is 51.4 Å². The van der Waals surface area contributed by atoms with Crippen LogP contribution in [0.3, 0.4) is 0 Å². The predicted octanol–water partition coefficient (Wildman–Crippen LogP) is 2.41. The summed E-state index contributed by atoms with van der Waals surface area (Å²) in [7, 11) is 2.01. The molecule has 1 amide bonds. The summed E-state index contributed by atoms with van der Waals surface area (Å²) in [5, 5.41) is 3.30. The number of carbonyl (C=O) groups excluding carboxylic acids is 1. The van der Waals surface area contributed by atoms with E-state index in [1.165, 1.54) is 38.5 Å². The fourth-order valence-corrected chi connectivity index (χ4v) is 4.55. The molecule has 1 N–H and O–H groups in total. The summed E-state index contributed by atoms with van der Waals surface area (Å²) in [6.45, 7) is 1.90. The van der Waals surface area contributed by atoms with E-state index in [2.05, 4.69) is 10.2 Å². The lowest BCUT2D eigenvalue weighted by atomic mass is 9.67. The summed E-state index contributed by atoms with van der Waals surface area (Å²) in [6, 6.07) is 0.523. The lowest BCUT2D eigenvalue weighted by Gasteiger charge is -2.39. The minimum atomic E-state index is 0.343. The van der Waals surface area contributed by atoms with Crippen LogP contribution in [0.2, 0.25) is 0 Å². The number of likely N-dealkylation sites (N-methyl/N-ethyl adjacent to an activating group) is 1. The molecule has 0 bridgehead atoms. The first-order valence-electron chi connectivity index (χ1n) is 8.24. The number of nitrogens with one attached hydrogen (secondary N) is 1. The smallest absolute Gasteiger partial charge is 0.225 e. The topological polar surface area (TPSA) is 32.3 Å². The van der Waals surface area contributed by atoms with Gasteiger partial charge < -0.3 is 10.2 Å². The van der Waals surface area contributed by atoms with Crippen molar-refractivity contribution in [1.29, 1.82) is 0 Å². The highest BCUT2D eigenvalue weighted by Crippen LogP contribution is 2.43. The third kappa shape index (κ3) is 2.81. The number of rotatable bonds is 2. The van der Waals surface area contributed by atoms with E-state index in [0.29, 0.717) is 17.9 Å². The maximum absolute atomic E-state index is 12.6. The second-order valence-electron chi connectivity index (χ2n) is 6.87. The largest absolute Gasteiger partial charge is 0.341 e. The lowest BCUT2D eigenvalue weighted by Crippen LogP contribution is -2.40. The van der Waals surface area contributed by atoms with Gasteiger partial charge in [0, 0.05) is 25.0 Å². The molecule has 3 rings (SSSR count). The van der Waals surface area contributed by atoms with Gasteiger partial charge in [0.2, 0.25) is 5.91 Å². The van der Waals surface area contributed by atoms with E-state index in [9.17, 15) is 4.79 Å². The minimum Gasteiger partial charge on any atom is -0.341 e. The van der Waals surface area contributed by atoms with Crippen LogP contribution in [0.4, 0.5) is 0 Å². The van der Waals surface area contributed by atoms with E-state index in [0.717, 1.165) is 37.8 Å². The second-order valence-corrected chi connectivity index (χ2v) is 6.87. The van der Waals surface area contributed by atoms with Gasteiger partial charge in [-0.2, -0.15) is 0 Å². The quantitative estimate of drug-likeness (QED) is 0.830. The molecule has 0 aromatic rings. The fourth-order valence-electron chi connectivity index (χ4n) is 4.55. The highest BCUT2D eigenvalue weighted by molar-refractivity contribution is 5.79. The van der Waals surface area contributed by atoms with E-state index in [-0.39, 0.29) is 0 Å². The van der Waals surface area contributed by atoms with E-state index in [1.54, 1.807) is 0 Å². The van der Waals surface area contributed by atoms with Crippen LogP contribution in [0, 0.1) is 17.8 Å². The summed E-state index contributed by atoms with van der Waals surface area (Å²) < 4.78 is 0. The zero-order valence-electron chi connectivity index (χ0n) is 12.2. The second kappa shape index (κ2) is 5.82. The highest BCUT2D eigenvalue weighted by Gasteiger charge is 2.37. The van der Waals surface area contributed by atoms with Gasteiger partial charge in [-0.15, -0.1) is 0 Å². The zero-order valence-corrected chi connectivity index (χ0v) is 12.2. The van der Waals surface area contributed by atoms with Gasteiger partial charge in [0.25, 0.3) is 0 Å². The summed E-state index contributed by atoms with van der Waals surface area (Å²) in [6.07, 6.45) is 10.4. The Kier molecular flexibility index (Phi) is 4.11. The summed E-state index contributed by atoms with van der Waals surface area (Å²) >= 11 is 0. The SMILES string of the molecule is CNC1CCN(C(=O)C2CCC3CCCCC3C2)C1. The van der Waals surface area contributed by atoms with Crippen LogP contribution < -0.4 is 5.32 Å². The molecule has 0 spiro atoms. The maximum atomic E-state index is 12.6. The first kappa shape index (κ1) is 13.4. The van der Waals surface area contributed by atoms with E-state index >= 15 is 0 Å². The third-order valence-electron chi connectivity index (χ3n) is 5.80. The maximum Gasteiger partial charge on any atom is 0.225 e. The van der Waals surface area contributed by atoms with Crippen LogP contribution >= 0.6 is 0 Å². The van der Waals surface area contributed by atoms with Crippen molar-refractivity contribution in [2.45, 2.75) is 57.4 Å². The first-order chi connectivity index (χ1) is 9.28. The third-order valence-corrected chi connectivity index (χ3v) is 5.80. The van der Waals surface area contributed by atoms with Crippen molar-refractivity contribution in [3.05, 3.63) is 0 Å². The molecule has 3 nitrogen and oxygen atoms in total. The van der Waals surface area contributed by atoms with Gasteiger partial charge >= 0.3 is 0 Å². The van der Waals surface area contributed by atoms with Crippen LogP contribution in [0.5, 0.6) is 0 Å². The van der Waals surface area contributed by atoms with Crippen molar-refractivity contribution >= 4 is 5.91 Å². The van der Waals surface area contributed by atoms with Crippen molar-refractivity contribution in [2.24, 2.45) is 17.8 Å². The van der Waals surface area contributed by atoms with Crippen molar-refractivity contribution in [2.75, 3.05) is 20.1 Å². The molecule has 0 aromatic heterocycles. The van der Waals surface area contributed by atoms with Gasteiger partial charge in [-0.3, -0.25) is 4.79 Å². The van der Waals surface area contributed by atoms with E-state index < -0.39 is 0 Å². The van der Waals surface area contributed by atoms with E-state index in [1.807, 2.05) is 7.05 Å². The molecule has 1 saturated heterocycles. The molecule has 4 atom stereocenters. The molecule has 2 saturated carbocycles. The van der Waals surface area contributed by atoms with Crippen molar-refractivity contribution < 1.29 is 4.79 Å². The fraction of sp³-hybridized carbons (Fsp3) is 0.938. The number of likely N-dealkylation sites (tertiary alicyclic amines) is 1. The van der Waals surface area contributed by atoms with Crippen LogP contribution in [0.15, 0.2) is 0 Å². The number of carbonyl (C=O) groups is 1. The highest BCUT2D eigenvalue weighted by atomic mass is 16.2. The normalized spacial score (nSPS) is 39.1. The predicted molar refractivity (Wildman–Crippen MR) is 76.8 cm³/mol. The average molecular weight is 264 g/mol. The molecule has 0 aromatic carbocycles.